The van der Waals surface area contributed by atoms with Crippen molar-refractivity contribution in [2.24, 2.45) is 0 Å². The average molecular weight is 245 g/mol. The van der Waals surface area contributed by atoms with Crippen LogP contribution in [0.5, 0.6) is 0 Å². The molecular formula is C15H19NS. The number of nitrogens with one attached hydrogen (secondary N) is 1. The van der Waals surface area contributed by atoms with Crippen molar-refractivity contribution in [1.82, 2.24) is 5.32 Å². The first-order chi connectivity index (χ1) is 8.38. The highest BCUT2D eigenvalue weighted by Crippen LogP contribution is 2.10. The standard InChI is InChI=1S/C15H19NS/c1-2-14(11-13-7-4-3-5-8-13)16-12-15-9-6-10-17-15/h3-10,14,16H,2,11-12H2,1H3. The van der Waals surface area contributed by atoms with Gasteiger partial charge in [-0.05, 0) is 29.9 Å². The highest BCUT2D eigenvalue weighted by Gasteiger charge is 2.06. The first-order valence-electron chi connectivity index (χ1n) is 6.18. The van der Waals surface area contributed by atoms with Crippen LogP contribution in [0.2, 0.25) is 0 Å². The van der Waals surface area contributed by atoms with Crippen LogP contribution in [0.4, 0.5) is 0 Å². The number of thiophene rings is 1. The summed E-state index contributed by atoms with van der Waals surface area (Å²) in [5, 5.41) is 5.76. The summed E-state index contributed by atoms with van der Waals surface area (Å²) >= 11 is 1.82. The van der Waals surface area contributed by atoms with Gasteiger partial charge in [0.1, 0.15) is 0 Å². The average Bonchev–Trinajstić information content (AvgIpc) is 2.89. The third-order valence-electron chi connectivity index (χ3n) is 2.96. The quantitative estimate of drug-likeness (QED) is 0.815. The van der Waals surface area contributed by atoms with Gasteiger partial charge in [0.2, 0.25) is 0 Å². The Morgan fingerprint density at radius 1 is 1.12 bits per heavy atom. The summed E-state index contributed by atoms with van der Waals surface area (Å²) in [6.45, 7) is 3.23. The Balaban J connectivity index is 1.85. The Morgan fingerprint density at radius 3 is 2.59 bits per heavy atom. The normalized spacial score (nSPS) is 12.5. The molecule has 2 aromatic rings. The predicted molar refractivity (Wildman–Crippen MR) is 75.4 cm³/mol. The zero-order valence-electron chi connectivity index (χ0n) is 10.2. The SMILES string of the molecule is CCC(Cc1ccccc1)NCc1cccs1. The largest absolute Gasteiger partial charge is 0.309 e. The van der Waals surface area contributed by atoms with Gasteiger partial charge >= 0.3 is 0 Å². The fourth-order valence-corrected chi connectivity index (χ4v) is 2.57. The molecule has 90 valence electrons. The topological polar surface area (TPSA) is 12.0 Å². The van der Waals surface area contributed by atoms with Crippen molar-refractivity contribution in [1.29, 1.82) is 0 Å². The van der Waals surface area contributed by atoms with Gasteiger partial charge in [-0.2, -0.15) is 0 Å². The van der Waals surface area contributed by atoms with Crippen LogP contribution < -0.4 is 5.32 Å². The molecule has 2 heteroatoms. The van der Waals surface area contributed by atoms with Crippen LogP contribution in [-0.2, 0) is 13.0 Å². The van der Waals surface area contributed by atoms with Crippen LogP contribution in [0.1, 0.15) is 23.8 Å². The van der Waals surface area contributed by atoms with E-state index in [1.165, 1.54) is 16.9 Å². The zero-order chi connectivity index (χ0) is 11.9. The Kier molecular flexibility index (Phi) is 4.77. The van der Waals surface area contributed by atoms with Crippen molar-refractivity contribution in [2.45, 2.75) is 32.4 Å². The Hall–Kier alpha value is -1.12. The second-order valence-corrected chi connectivity index (χ2v) is 5.29. The van der Waals surface area contributed by atoms with Gasteiger partial charge < -0.3 is 5.32 Å². The fraction of sp³-hybridized carbons (Fsp3) is 0.333. The summed E-state index contributed by atoms with van der Waals surface area (Å²) in [7, 11) is 0. The molecule has 1 nitrogen and oxygen atoms in total. The van der Waals surface area contributed by atoms with Crippen molar-refractivity contribution < 1.29 is 0 Å². The molecule has 1 heterocycles. The maximum absolute atomic E-state index is 3.63. The Labute approximate surface area is 108 Å². The molecule has 2 rings (SSSR count). The highest BCUT2D eigenvalue weighted by molar-refractivity contribution is 7.09. The summed E-state index contributed by atoms with van der Waals surface area (Å²) in [4.78, 5) is 1.41. The van der Waals surface area contributed by atoms with Gasteiger partial charge in [-0.1, -0.05) is 43.3 Å². The lowest BCUT2D eigenvalue weighted by Gasteiger charge is -2.16. The molecule has 0 radical (unpaired) electrons. The van der Waals surface area contributed by atoms with Gasteiger partial charge in [0.15, 0.2) is 0 Å². The van der Waals surface area contributed by atoms with E-state index in [4.69, 9.17) is 0 Å². The summed E-state index contributed by atoms with van der Waals surface area (Å²) in [6, 6.07) is 15.6. The lowest BCUT2D eigenvalue weighted by atomic mass is 10.0. The van der Waals surface area contributed by atoms with Crippen LogP contribution in [0.25, 0.3) is 0 Å². The van der Waals surface area contributed by atoms with Gasteiger partial charge in [-0.25, -0.2) is 0 Å². The van der Waals surface area contributed by atoms with Gasteiger partial charge in [-0.15, -0.1) is 11.3 Å². The molecule has 0 saturated heterocycles. The molecule has 1 unspecified atom stereocenters. The van der Waals surface area contributed by atoms with Crippen molar-refractivity contribution in [2.75, 3.05) is 0 Å². The minimum Gasteiger partial charge on any atom is -0.309 e. The molecule has 1 atom stereocenters. The van der Waals surface area contributed by atoms with E-state index in [9.17, 15) is 0 Å². The fourth-order valence-electron chi connectivity index (χ4n) is 1.92. The van der Waals surface area contributed by atoms with Crippen LogP contribution in [-0.4, -0.2) is 6.04 Å². The van der Waals surface area contributed by atoms with Crippen molar-refractivity contribution in [3.05, 3.63) is 58.3 Å². The van der Waals surface area contributed by atoms with Crippen LogP contribution in [0.15, 0.2) is 47.8 Å². The molecule has 0 aliphatic carbocycles. The number of hydrogen-bond donors (Lipinski definition) is 1. The van der Waals surface area contributed by atoms with E-state index in [1.54, 1.807) is 0 Å². The van der Waals surface area contributed by atoms with E-state index in [0.717, 1.165) is 13.0 Å². The predicted octanol–water partition coefficient (Wildman–Crippen LogP) is 3.86. The third kappa shape index (κ3) is 3.99. The first kappa shape index (κ1) is 12.3. The van der Waals surface area contributed by atoms with Crippen LogP contribution in [0.3, 0.4) is 0 Å². The zero-order valence-corrected chi connectivity index (χ0v) is 11.0. The summed E-state index contributed by atoms with van der Waals surface area (Å²) < 4.78 is 0. The molecule has 1 N–H and O–H groups in total. The van der Waals surface area contributed by atoms with Gasteiger partial charge in [0.05, 0.1) is 0 Å². The summed E-state index contributed by atoms with van der Waals surface area (Å²) in [5.74, 6) is 0. The molecule has 1 aromatic carbocycles. The van der Waals surface area contributed by atoms with E-state index in [1.807, 2.05) is 11.3 Å². The number of benzene rings is 1. The van der Waals surface area contributed by atoms with Crippen molar-refractivity contribution in [3.63, 3.8) is 0 Å². The second kappa shape index (κ2) is 6.58. The molecule has 1 aromatic heterocycles. The highest BCUT2D eigenvalue weighted by atomic mass is 32.1. The lowest BCUT2D eigenvalue weighted by Crippen LogP contribution is -2.29. The molecule has 0 bridgehead atoms. The maximum atomic E-state index is 3.63. The molecule has 0 saturated carbocycles. The first-order valence-corrected chi connectivity index (χ1v) is 7.06. The van der Waals surface area contributed by atoms with Crippen LogP contribution >= 0.6 is 11.3 Å². The van der Waals surface area contributed by atoms with E-state index in [-0.39, 0.29) is 0 Å². The maximum Gasteiger partial charge on any atom is 0.0302 e. The second-order valence-electron chi connectivity index (χ2n) is 4.26. The molecule has 0 fully saturated rings. The van der Waals surface area contributed by atoms with Crippen molar-refractivity contribution in [3.8, 4) is 0 Å². The lowest BCUT2D eigenvalue weighted by molar-refractivity contribution is 0.497. The minimum atomic E-state index is 0.569. The molecular weight excluding hydrogens is 226 g/mol. The van der Waals surface area contributed by atoms with Gasteiger partial charge in [0.25, 0.3) is 0 Å². The molecule has 0 spiro atoms. The minimum absolute atomic E-state index is 0.569. The molecule has 0 aliphatic rings. The Bertz CT molecular complexity index is 408. The van der Waals surface area contributed by atoms with Gasteiger partial charge in [0, 0.05) is 17.5 Å². The van der Waals surface area contributed by atoms with Crippen LogP contribution in [0, 0.1) is 0 Å². The third-order valence-corrected chi connectivity index (χ3v) is 3.84. The van der Waals surface area contributed by atoms with Crippen molar-refractivity contribution >= 4 is 11.3 Å². The van der Waals surface area contributed by atoms with E-state index in [2.05, 4.69) is 60.1 Å². The summed E-state index contributed by atoms with van der Waals surface area (Å²) in [5.41, 5.74) is 1.41. The smallest absolute Gasteiger partial charge is 0.0302 e. The van der Waals surface area contributed by atoms with E-state index in [0.29, 0.717) is 6.04 Å². The molecule has 17 heavy (non-hydrogen) atoms. The van der Waals surface area contributed by atoms with E-state index < -0.39 is 0 Å². The summed E-state index contributed by atoms with van der Waals surface area (Å²) in [6.07, 6.45) is 2.28. The Morgan fingerprint density at radius 2 is 1.94 bits per heavy atom. The van der Waals surface area contributed by atoms with E-state index >= 15 is 0 Å². The number of rotatable bonds is 6. The number of hydrogen-bond acceptors (Lipinski definition) is 2. The van der Waals surface area contributed by atoms with Gasteiger partial charge in [-0.3, -0.25) is 0 Å². The monoisotopic (exact) mass is 245 g/mol. The molecule has 0 aliphatic heterocycles. The molecule has 0 amide bonds.